The van der Waals surface area contributed by atoms with E-state index in [0.29, 0.717) is 5.69 Å². The van der Waals surface area contributed by atoms with Gasteiger partial charge in [0.05, 0.1) is 5.56 Å². The van der Waals surface area contributed by atoms with E-state index in [0.717, 1.165) is 29.3 Å². The summed E-state index contributed by atoms with van der Waals surface area (Å²) >= 11 is 0. The molecule has 0 atom stereocenters. The highest BCUT2D eigenvalue weighted by Gasteiger charge is 2.15. The van der Waals surface area contributed by atoms with Gasteiger partial charge in [-0.2, -0.15) is 0 Å². The van der Waals surface area contributed by atoms with E-state index in [1.807, 2.05) is 39.0 Å². The zero-order valence-corrected chi connectivity index (χ0v) is 14.2. The van der Waals surface area contributed by atoms with Crippen LogP contribution < -0.4 is 5.32 Å². The Kier molecular flexibility index (Phi) is 5.85. The Balaban J connectivity index is 2.02. The molecular formula is C19H19F2NO3. The maximum atomic E-state index is 13.1. The number of hydrogen-bond acceptors (Lipinski definition) is 3. The van der Waals surface area contributed by atoms with Crippen LogP contribution in [0.1, 0.15) is 41.3 Å². The number of halogens is 2. The second kappa shape index (κ2) is 7.88. The molecule has 0 saturated heterocycles. The van der Waals surface area contributed by atoms with Crippen LogP contribution in [0.5, 0.6) is 0 Å². The molecule has 0 aromatic heterocycles. The van der Waals surface area contributed by atoms with Gasteiger partial charge in [-0.25, -0.2) is 13.6 Å². The van der Waals surface area contributed by atoms with Gasteiger partial charge in [-0.15, -0.1) is 0 Å². The summed E-state index contributed by atoms with van der Waals surface area (Å²) < 4.78 is 30.9. The molecule has 0 heterocycles. The Morgan fingerprint density at radius 1 is 1.12 bits per heavy atom. The number of hydrogen-bond donors (Lipinski definition) is 1. The lowest BCUT2D eigenvalue weighted by Gasteiger charge is -2.16. The van der Waals surface area contributed by atoms with E-state index in [1.165, 1.54) is 0 Å². The van der Waals surface area contributed by atoms with Crippen LogP contribution in [-0.2, 0) is 9.53 Å². The summed E-state index contributed by atoms with van der Waals surface area (Å²) in [6.45, 7) is 5.36. The maximum Gasteiger partial charge on any atom is 0.338 e. The number of nitrogens with one attached hydrogen (secondary N) is 1. The molecule has 2 aromatic carbocycles. The molecule has 0 unspecified atom stereocenters. The van der Waals surface area contributed by atoms with Gasteiger partial charge < -0.3 is 10.1 Å². The van der Waals surface area contributed by atoms with E-state index in [1.54, 1.807) is 0 Å². The molecule has 2 aromatic rings. The molecule has 1 N–H and O–H groups in total. The molecule has 25 heavy (non-hydrogen) atoms. The van der Waals surface area contributed by atoms with Gasteiger partial charge in [0.1, 0.15) is 0 Å². The van der Waals surface area contributed by atoms with E-state index >= 15 is 0 Å². The lowest BCUT2D eigenvalue weighted by molar-refractivity contribution is -0.119. The van der Waals surface area contributed by atoms with E-state index in [2.05, 4.69) is 5.32 Å². The number of ether oxygens (including phenoxy) is 1. The van der Waals surface area contributed by atoms with Crippen molar-refractivity contribution in [1.29, 1.82) is 0 Å². The first-order valence-electron chi connectivity index (χ1n) is 7.81. The predicted octanol–water partition coefficient (Wildman–Crippen LogP) is 4.19. The molecule has 0 saturated carbocycles. The lowest BCUT2D eigenvalue weighted by atomic mass is 9.98. The molecule has 0 aliphatic rings. The van der Waals surface area contributed by atoms with Gasteiger partial charge in [0, 0.05) is 5.69 Å². The van der Waals surface area contributed by atoms with Crippen LogP contribution in [0.2, 0.25) is 0 Å². The maximum absolute atomic E-state index is 13.1. The first-order chi connectivity index (χ1) is 11.8. The molecule has 0 aliphatic carbocycles. The van der Waals surface area contributed by atoms with Gasteiger partial charge in [0.2, 0.25) is 0 Å². The number of rotatable bonds is 5. The zero-order chi connectivity index (χ0) is 18.6. The SMILES string of the molecule is Cc1cccc(C(C)C)c1NC(=O)COC(=O)c1ccc(F)c(F)c1. The van der Waals surface area contributed by atoms with Gasteiger partial charge in [-0.3, -0.25) is 4.79 Å². The summed E-state index contributed by atoms with van der Waals surface area (Å²) in [5.41, 5.74) is 2.39. The Labute approximate surface area is 144 Å². The number of carbonyl (C=O) groups is 2. The molecular weight excluding hydrogens is 328 g/mol. The number of esters is 1. The van der Waals surface area contributed by atoms with E-state index in [4.69, 9.17) is 4.74 Å². The predicted molar refractivity (Wildman–Crippen MR) is 90.5 cm³/mol. The monoisotopic (exact) mass is 347 g/mol. The second-order valence-corrected chi connectivity index (χ2v) is 5.95. The van der Waals surface area contributed by atoms with Gasteiger partial charge in [-0.05, 0) is 42.2 Å². The van der Waals surface area contributed by atoms with E-state index in [-0.39, 0.29) is 11.5 Å². The van der Waals surface area contributed by atoms with E-state index < -0.39 is 30.1 Å². The number of benzene rings is 2. The molecule has 0 bridgehead atoms. The summed E-state index contributed by atoms with van der Waals surface area (Å²) in [5, 5.41) is 2.74. The quantitative estimate of drug-likeness (QED) is 0.825. The van der Waals surface area contributed by atoms with Crippen LogP contribution in [0.15, 0.2) is 36.4 Å². The summed E-state index contributed by atoms with van der Waals surface area (Å²) in [5.74, 6) is -3.41. The molecule has 0 radical (unpaired) electrons. The minimum atomic E-state index is -1.15. The third kappa shape index (κ3) is 4.62. The fraction of sp³-hybridized carbons (Fsp3) is 0.263. The topological polar surface area (TPSA) is 55.4 Å². The van der Waals surface area contributed by atoms with Gasteiger partial charge >= 0.3 is 5.97 Å². The molecule has 2 rings (SSSR count). The van der Waals surface area contributed by atoms with Crippen molar-refractivity contribution in [2.75, 3.05) is 11.9 Å². The Morgan fingerprint density at radius 3 is 2.48 bits per heavy atom. The summed E-state index contributed by atoms with van der Waals surface area (Å²) in [6.07, 6.45) is 0. The summed E-state index contributed by atoms with van der Waals surface area (Å²) in [6, 6.07) is 8.34. The van der Waals surface area contributed by atoms with Crippen molar-refractivity contribution in [3.63, 3.8) is 0 Å². The van der Waals surface area contributed by atoms with Crippen LogP contribution in [-0.4, -0.2) is 18.5 Å². The van der Waals surface area contributed by atoms with Crippen LogP contribution in [0.4, 0.5) is 14.5 Å². The Morgan fingerprint density at radius 2 is 1.84 bits per heavy atom. The molecule has 1 amide bonds. The molecule has 6 heteroatoms. The van der Waals surface area contributed by atoms with Crippen molar-refractivity contribution in [2.45, 2.75) is 26.7 Å². The largest absolute Gasteiger partial charge is 0.452 e. The highest BCUT2D eigenvalue weighted by atomic mass is 19.2. The molecule has 0 aliphatic heterocycles. The van der Waals surface area contributed by atoms with Gasteiger partial charge in [0.25, 0.3) is 5.91 Å². The molecule has 132 valence electrons. The third-order valence-corrected chi connectivity index (χ3v) is 3.68. The van der Waals surface area contributed by atoms with Crippen LogP contribution in [0.3, 0.4) is 0 Å². The number of aryl methyl sites for hydroxylation is 1. The summed E-state index contributed by atoms with van der Waals surface area (Å²) in [7, 11) is 0. The molecule has 4 nitrogen and oxygen atoms in total. The lowest BCUT2D eigenvalue weighted by Crippen LogP contribution is -2.22. The number of carbonyl (C=O) groups excluding carboxylic acids is 2. The third-order valence-electron chi connectivity index (χ3n) is 3.68. The Hall–Kier alpha value is -2.76. The van der Waals surface area contributed by atoms with Crippen molar-refractivity contribution in [3.05, 3.63) is 64.7 Å². The zero-order valence-electron chi connectivity index (χ0n) is 14.2. The smallest absolute Gasteiger partial charge is 0.338 e. The van der Waals surface area contributed by atoms with Crippen molar-refractivity contribution in [2.24, 2.45) is 0 Å². The number of anilines is 1. The fourth-order valence-corrected chi connectivity index (χ4v) is 2.36. The molecule has 0 fully saturated rings. The van der Waals surface area contributed by atoms with Crippen LogP contribution in [0.25, 0.3) is 0 Å². The highest BCUT2D eigenvalue weighted by Crippen LogP contribution is 2.27. The average Bonchev–Trinajstić information content (AvgIpc) is 2.56. The highest BCUT2D eigenvalue weighted by molar-refractivity contribution is 5.96. The number of amides is 1. The first kappa shape index (κ1) is 18.6. The summed E-state index contributed by atoms with van der Waals surface area (Å²) in [4.78, 5) is 23.9. The molecule has 0 spiro atoms. The van der Waals surface area contributed by atoms with Crippen molar-refractivity contribution in [3.8, 4) is 0 Å². The van der Waals surface area contributed by atoms with Crippen molar-refractivity contribution >= 4 is 17.6 Å². The van der Waals surface area contributed by atoms with Crippen LogP contribution >= 0.6 is 0 Å². The van der Waals surface area contributed by atoms with E-state index in [9.17, 15) is 18.4 Å². The van der Waals surface area contributed by atoms with Crippen molar-refractivity contribution in [1.82, 2.24) is 0 Å². The fourth-order valence-electron chi connectivity index (χ4n) is 2.36. The van der Waals surface area contributed by atoms with Crippen LogP contribution in [0, 0.1) is 18.6 Å². The minimum Gasteiger partial charge on any atom is -0.452 e. The van der Waals surface area contributed by atoms with Gasteiger partial charge in [-0.1, -0.05) is 32.0 Å². The second-order valence-electron chi connectivity index (χ2n) is 5.95. The standard InChI is InChI=1S/C19H19F2NO3/c1-11(2)14-6-4-5-12(3)18(14)22-17(23)10-25-19(24)13-7-8-15(20)16(21)9-13/h4-9,11H,10H2,1-3H3,(H,22,23). The number of para-hydroxylation sites is 1. The normalized spacial score (nSPS) is 10.6. The first-order valence-corrected chi connectivity index (χ1v) is 7.81. The Bertz CT molecular complexity index is 803. The minimum absolute atomic E-state index is 0.162. The van der Waals surface area contributed by atoms with Gasteiger partial charge in [0.15, 0.2) is 18.2 Å². The average molecular weight is 347 g/mol. The van der Waals surface area contributed by atoms with Crippen molar-refractivity contribution < 1.29 is 23.1 Å².